The van der Waals surface area contributed by atoms with Crippen molar-refractivity contribution >= 4 is 11.8 Å². The van der Waals surface area contributed by atoms with Crippen molar-refractivity contribution in [3.63, 3.8) is 0 Å². The summed E-state index contributed by atoms with van der Waals surface area (Å²) in [4.78, 5) is 25.5. The normalized spacial score (nSPS) is 42.4. The van der Waals surface area contributed by atoms with Crippen LogP contribution in [0.1, 0.15) is 136 Å². The second kappa shape index (κ2) is 13.1. The predicted octanol–water partition coefficient (Wildman–Crippen LogP) is 10.5. The topological polar surface area (TPSA) is 79.5 Å². The summed E-state index contributed by atoms with van der Waals surface area (Å²) in [6.45, 7) is 25.0. The van der Waals surface area contributed by atoms with E-state index in [4.69, 9.17) is 4.42 Å². The third-order valence-electron chi connectivity index (χ3n) is 16.9. The summed E-state index contributed by atoms with van der Waals surface area (Å²) in [5.74, 6) is 6.61. The summed E-state index contributed by atoms with van der Waals surface area (Å²) in [7, 11) is 0. The minimum Gasteiger partial charge on any atom is -0.481 e. The summed E-state index contributed by atoms with van der Waals surface area (Å²) >= 11 is 0. The molecule has 7 rings (SSSR count). The van der Waals surface area contributed by atoms with Crippen molar-refractivity contribution in [3.8, 4) is 0 Å². The first-order chi connectivity index (χ1) is 23.6. The number of rotatable bonds is 10. The van der Waals surface area contributed by atoms with Gasteiger partial charge in [-0.2, -0.15) is 0 Å². The van der Waals surface area contributed by atoms with E-state index in [1.807, 2.05) is 6.92 Å². The van der Waals surface area contributed by atoms with Crippen LogP contribution in [0.5, 0.6) is 0 Å². The number of furan rings is 1. The summed E-state index contributed by atoms with van der Waals surface area (Å²) in [5.41, 5.74) is 6.14. The molecule has 50 heavy (non-hydrogen) atoms. The van der Waals surface area contributed by atoms with E-state index in [0.717, 1.165) is 62.1 Å². The molecular formula is C45H67NO4. The molecule has 1 aromatic heterocycles. The Morgan fingerprint density at radius 2 is 1.70 bits per heavy atom. The van der Waals surface area contributed by atoms with E-state index >= 15 is 0 Å². The Morgan fingerprint density at radius 1 is 1.00 bits per heavy atom. The average molecular weight is 686 g/mol. The van der Waals surface area contributed by atoms with Crippen molar-refractivity contribution in [1.82, 2.24) is 5.32 Å². The van der Waals surface area contributed by atoms with Crippen molar-refractivity contribution in [2.24, 2.45) is 75.4 Å². The van der Waals surface area contributed by atoms with Crippen LogP contribution in [0.4, 0.5) is 0 Å². The molecule has 0 radical (unpaired) electrons. The molecule has 6 aliphatic carbocycles. The third kappa shape index (κ3) is 5.65. The van der Waals surface area contributed by atoms with Crippen LogP contribution in [0.3, 0.4) is 0 Å². The van der Waals surface area contributed by atoms with Crippen molar-refractivity contribution in [2.75, 3.05) is 6.54 Å². The van der Waals surface area contributed by atoms with Gasteiger partial charge in [-0.1, -0.05) is 59.3 Å². The van der Waals surface area contributed by atoms with Crippen molar-refractivity contribution < 1.29 is 19.1 Å². The highest BCUT2D eigenvalue weighted by atomic mass is 16.4. The minimum absolute atomic E-state index is 0.0356. The molecule has 6 aliphatic rings. The van der Waals surface area contributed by atoms with Gasteiger partial charge in [0.15, 0.2) is 5.78 Å². The van der Waals surface area contributed by atoms with Crippen LogP contribution in [0.25, 0.3) is 0 Å². The van der Waals surface area contributed by atoms with Crippen LogP contribution in [-0.4, -0.2) is 23.4 Å². The van der Waals surface area contributed by atoms with Gasteiger partial charge in [0.25, 0.3) is 0 Å². The van der Waals surface area contributed by atoms with Crippen LogP contribution in [0.2, 0.25) is 0 Å². The maximum Gasteiger partial charge on any atom is 0.306 e. The van der Waals surface area contributed by atoms with Crippen LogP contribution < -0.4 is 5.32 Å². The fraction of sp³-hybridized carbons (Fsp3) is 0.778. The van der Waals surface area contributed by atoms with Crippen LogP contribution in [0.15, 0.2) is 33.8 Å². The highest BCUT2D eigenvalue weighted by molar-refractivity contribution is 6.00. The van der Waals surface area contributed by atoms with E-state index in [-0.39, 0.29) is 17.3 Å². The quantitative estimate of drug-likeness (QED) is 0.189. The van der Waals surface area contributed by atoms with E-state index < -0.39 is 5.97 Å². The summed E-state index contributed by atoms with van der Waals surface area (Å²) < 4.78 is 5.78. The van der Waals surface area contributed by atoms with Crippen LogP contribution in [0, 0.1) is 89.3 Å². The lowest BCUT2D eigenvalue weighted by molar-refractivity contribution is -0.170. The third-order valence-corrected chi connectivity index (χ3v) is 16.9. The zero-order valence-electron chi connectivity index (χ0n) is 32.6. The molecule has 12 atom stereocenters. The number of Topliss-reactive ketones (excluding diaryl/α,β-unsaturated/α-hetero) is 1. The molecule has 0 saturated heterocycles. The Morgan fingerprint density at radius 3 is 2.36 bits per heavy atom. The molecule has 0 spiro atoms. The van der Waals surface area contributed by atoms with Gasteiger partial charge in [-0.25, -0.2) is 0 Å². The maximum absolute atomic E-state index is 13.9. The summed E-state index contributed by atoms with van der Waals surface area (Å²) in [5, 5.41) is 13.3. The van der Waals surface area contributed by atoms with Gasteiger partial charge in [0.2, 0.25) is 0 Å². The minimum atomic E-state index is -0.633. The second-order valence-corrected chi connectivity index (χ2v) is 19.4. The molecule has 0 aliphatic heterocycles. The maximum atomic E-state index is 13.9. The van der Waals surface area contributed by atoms with E-state index in [0.29, 0.717) is 52.1 Å². The summed E-state index contributed by atoms with van der Waals surface area (Å²) in [6.07, 6.45) is 13.9. The highest BCUT2D eigenvalue weighted by Crippen LogP contribution is 2.72. The largest absolute Gasteiger partial charge is 0.481 e. The molecule has 0 bridgehead atoms. The Balaban J connectivity index is 1.07. The number of aliphatic carboxylic acids is 1. The first-order valence-electron chi connectivity index (χ1n) is 20.6. The van der Waals surface area contributed by atoms with Crippen molar-refractivity contribution in [2.45, 2.75) is 139 Å². The molecule has 1 aromatic rings. The zero-order chi connectivity index (χ0) is 35.9. The van der Waals surface area contributed by atoms with Crippen LogP contribution in [-0.2, 0) is 16.1 Å². The molecule has 5 fully saturated rings. The Hall–Kier alpha value is -2.14. The van der Waals surface area contributed by atoms with Gasteiger partial charge in [0.05, 0.1) is 5.92 Å². The lowest BCUT2D eigenvalue weighted by Crippen LogP contribution is -2.60. The number of hydrogen-bond acceptors (Lipinski definition) is 4. The van der Waals surface area contributed by atoms with Gasteiger partial charge >= 0.3 is 5.97 Å². The van der Waals surface area contributed by atoms with Crippen molar-refractivity contribution in [1.29, 1.82) is 0 Å². The molecule has 5 saturated carbocycles. The average Bonchev–Trinajstić information content (AvgIpc) is 3.53. The first kappa shape index (κ1) is 36.2. The van der Waals surface area contributed by atoms with Crippen LogP contribution >= 0.6 is 0 Å². The number of carbonyl (C=O) groups excluding carboxylic acids is 1. The number of ketones is 1. The summed E-state index contributed by atoms with van der Waals surface area (Å²) in [6, 6.07) is 2.15. The SMILES string of the molecule is C=C(CC1CCC2(C)C(CCC3(C)C4CCC5(CCNCc6cc(C)oc6C)CC(=O)C(C(C)C)=C5C4CCC32)C1C)C1CC(C(=O)O)C1C. The molecule has 276 valence electrons. The Labute approximate surface area is 302 Å². The van der Waals surface area contributed by atoms with E-state index in [2.05, 4.69) is 66.4 Å². The van der Waals surface area contributed by atoms with E-state index in [1.165, 1.54) is 68.1 Å². The molecule has 0 aromatic carbocycles. The van der Waals surface area contributed by atoms with E-state index in [9.17, 15) is 14.7 Å². The predicted molar refractivity (Wildman–Crippen MR) is 200 cm³/mol. The van der Waals surface area contributed by atoms with Gasteiger partial charge in [-0.3, -0.25) is 9.59 Å². The first-order valence-corrected chi connectivity index (χ1v) is 20.6. The zero-order valence-corrected chi connectivity index (χ0v) is 32.6. The molecule has 5 nitrogen and oxygen atoms in total. The van der Waals surface area contributed by atoms with Gasteiger partial charge in [0.1, 0.15) is 11.5 Å². The Kier molecular flexibility index (Phi) is 9.46. The fourth-order valence-corrected chi connectivity index (χ4v) is 14.3. The van der Waals surface area contributed by atoms with Crippen molar-refractivity contribution in [3.05, 3.63) is 46.4 Å². The number of carboxylic acid groups (broad SMARTS) is 1. The number of fused-ring (bicyclic) bond motifs is 7. The highest BCUT2D eigenvalue weighted by Gasteiger charge is 2.64. The molecule has 5 heteroatoms. The number of carbonyl (C=O) groups is 2. The lowest BCUT2D eigenvalue weighted by atomic mass is 9.37. The molecule has 1 heterocycles. The molecular weight excluding hydrogens is 618 g/mol. The monoisotopic (exact) mass is 686 g/mol. The standard InChI is InChI=1S/C45H67NO4/c1-25(2)40-38(47)23-45(18-19-46-24-32-21-27(4)50-30(32)7)17-14-37-33(41(40)45)10-11-39-43(8)15-12-31(28(5)36(43)13-16-44(37,39)9)20-26(3)34-22-35(29(34)6)42(48)49/h21,25,28-29,31,33-37,39,46H,3,10-20,22-24H2,1-2,4-9H3,(H,48,49). The number of aryl methyl sites for hydroxylation is 2. The lowest BCUT2D eigenvalue weighted by Gasteiger charge is -2.67. The number of carboxylic acids is 1. The smallest absolute Gasteiger partial charge is 0.306 e. The van der Waals surface area contributed by atoms with E-state index in [1.54, 1.807) is 5.57 Å². The number of hydrogen-bond donors (Lipinski definition) is 2. The number of allylic oxidation sites excluding steroid dienone is 3. The second-order valence-electron chi connectivity index (χ2n) is 19.4. The van der Waals surface area contributed by atoms with Gasteiger partial charge in [0, 0.05) is 23.9 Å². The van der Waals surface area contributed by atoms with Gasteiger partial charge in [-0.05, 0) is 167 Å². The molecule has 2 N–H and O–H groups in total. The Bertz CT molecular complexity index is 1550. The fourth-order valence-electron chi connectivity index (χ4n) is 14.3. The molecule has 12 unspecified atom stereocenters. The molecule has 0 amide bonds. The van der Waals surface area contributed by atoms with Gasteiger partial charge in [-0.15, -0.1) is 0 Å². The van der Waals surface area contributed by atoms with Gasteiger partial charge < -0.3 is 14.8 Å². The number of nitrogens with one attached hydrogen (secondary N) is 1.